The van der Waals surface area contributed by atoms with Crippen LogP contribution in [0.15, 0.2) is 42.5 Å². The molecule has 3 nitrogen and oxygen atoms in total. The van der Waals surface area contributed by atoms with Crippen LogP contribution in [0.3, 0.4) is 0 Å². The van der Waals surface area contributed by atoms with Gasteiger partial charge in [-0.15, -0.1) is 0 Å². The summed E-state index contributed by atoms with van der Waals surface area (Å²) in [5.74, 6) is 0.252. The van der Waals surface area contributed by atoms with Gasteiger partial charge in [0.05, 0.1) is 12.7 Å². The number of carbonyl (C=O) groups is 1. The summed E-state index contributed by atoms with van der Waals surface area (Å²) in [7, 11) is 1.59. The number of carbonyl (C=O) groups excluding carboxylic acids is 1. The smallest absolute Gasteiger partial charge is 0.162 e. The Bertz CT molecular complexity index is 623. The van der Waals surface area contributed by atoms with Crippen molar-refractivity contribution in [3.63, 3.8) is 0 Å². The first-order valence-corrected chi connectivity index (χ1v) is 6.16. The van der Waals surface area contributed by atoms with Crippen LogP contribution < -0.4 is 9.47 Å². The summed E-state index contributed by atoms with van der Waals surface area (Å²) in [6.45, 7) is 1.63. The highest BCUT2D eigenvalue weighted by Gasteiger charge is 2.08. The molecule has 2 aromatic carbocycles. The quantitative estimate of drug-likeness (QED) is 0.781. The molecule has 0 aromatic heterocycles. The predicted molar refractivity (Wildman–Crippen MR) is 73.7 cm³/mol. The van der Waals surface area contributed by atoms with Gasteiger partial charge in [-0.3, -0.25) is 4.79 Å². The molecule has 0 N–H and O–H groups in total. The molecule has 2 rings (SSSR count). The molecule has 0 amide bonds. The molecule has 0 unspecified atom stereocenters. The van der Waals surface area contributed by atoms with Gasteiger partial charge in [-0.1, -0.05) is 12.1 Å². The van der Waals surface area contributed by atoms with Gasteiger partial charge in [0.15, 0.2) is 5.78 Å². The van der Waals surface area contributed by atoms with Crippen molar-refractivity contribution in [1.82, 2.24) is 0 Å². The highest BCUT2D eigenvalue weighted by molar-refractivity contribution is 5.94. The van der Waals surface area contributed by atoms with Crippen LogP contribution in [0.1, 0.15) is 22.8 Å². The summed E-state index contributed by atoms with van der Waals surface area (Å²) < 4.78 is 24.2. The van der Waals surface area contributed by atoms with Crippen LogP contribution in [0.2, 0.25) is 0 Å². The second-order valence-corrected chi connectivity index (χ2v) is 4.34. The Morgan fingerprint density at radius 3 is 2.60 bits per heavy atom. The summed E-state index contributed by atoms with van der Waals surface area (Å²) in [5.41, 5.74) is 0.985. The molecule has 0 heterocycles. The summed E-state index contributed by atoms with van der Waals surface area (Å²) in [6, 6.07) is 11.7. The SMILES string of the molecule is COc1cccc(COc2ccc(C(C)=O)c(F)c2)c1. The minimum atomic E-state index is -0.569. The summed E-state index contributed by atoms with van der Waals surface area (Å²) in [6.07, 6.45) is 0. The van der Waals surface area contributed by atoms with E-state index < -0.39 is 5.82 Å². The van der Waals surface area contributed by atoms with Gasteiger partial charge in [0, 0.05) is 6.07 Å². The third-order valence-electron chi connectivity index (χ3n) is 2.86. The lowest BCUT2D eigenvalue weighted by molar-refractivity contribution is 0.101. The lowest BCUT2D eigenvalue weighted by Crippen LogP contribution is -2.00. The largest absolute Gasteiger partial charge is 0.497 e. The Kier molecular flexibility index (Phi) is 4.35. The van der Waals surface area contributed by atoms with Crippen molar-refractivity contribution in [1.29, 1.82) is 0 Å². The Morgan fingerprint density at radius 1 is 1.15 bits per heavy atom. The minimum Gasteiger partial charge on any atom is -0.497 e. The third-order valence-corrected chi connectivity index (χ3v) is 2.86. The van der Waals surface area contributed by atoms with Gasteiger partial charge in [-0.25, -0.2) is 4.39 Å². The van der Waals surface area contributed by atoms with Crippen LogP contribution in [0.4, 0.5) is 4.39 Å². The van der Waals surface area contributed by atoms with E-state index in [4.69, 9.17) is 9.47 Å². The van der Waals surface area contributed by atoms with Crippen molar-refractivity contribution in [3.05, 3.63) is 59.4 Å². The average molecular weight is 274 g/mol. The van der Waals surface area contributed by atoms with Gasteiger partial charge < -0.3 is 9.47 Å². The molecule has 0 saturated heterocycles. The standard InChI is InChI=1S/C16H15FO3/c1-11(18)15-7-6-14(9-16(15)17)20-10-12-4-3-5-13(8-12)19-2/h3-9H,10H2,1-2H3. The Balaban J connectivity index is 2.07. The van der Waals surface area contributed by atoms with E-state index in [-0.39, 0.29) is 11.3 Å². The maximum atomic E-state index is 13.6. The zero-order valence-corrected chi connectivity index (χ0v) is 11.4. The van der Waals surface area contributed by atoms with Gasteiger partial charge in [-0.05, 0) is 36.8 Å². The lowest BCUT2D eigenvalue weighted by Gasteiger charge is -2.08. The Hall–Kier alpha value is -2.36. The second-order valence-electron chi connectivity index (χ2n) is 4.34. The maximum absolute atomic E-state index is 13.6. The molecule has 0 aliphatic heterocycles. The van der Waals surface area contributed by atoms with Crippen molar-refractivity contribution >= 4 is 5.78 Å². The fraction of sp³-hybridized carbons (Fsp3) is 0.188. The maximum Gasteiger partial charge on any atom is 0.162 e. The zero-order chi connectivity index (χ0) is 14.5. The molecule has 104 valence electrons. The molecule has 20 heavy (non-hydrogen) atoms. The van der Waals surface area contributed by atoms with Crippen LogP contribution >= 0.6 is 0 Å². The van der Waals surface area contributed by atoms with Crippen molar-refractivity contribution < 1.29 is 18.7 Å². The summed E-state index contributed by atoms with van der Waals surface area (Å²) >= 11 is 0. The molecule has 0 aliphatic rings. The van der Waals surface area contributed by atoms with Gasteiger partial charge in [0.1, 0.15) is 23.9 Å². The van der Waals surface area contributed by atoms with Crippen molar-refractivity contribution in [2.45, 2.75) is 13.5 Å². The number of hydrogen-bond acceptors (Lipinski definition) is 3. The topological polar surface area (TPSA) is 35.5 Å². The fourth-order valence-corrected chi connectivity index (χ4v) is 1.80. The number of benzene rings is 2. The van der Waals surface area contributed by atoms with Crippen LogP contribution in [-0.4, -0.2) is 12.9 Å². The van der Waals surface area contributed by atoms with Gasteiger partial charge in [-0.2, -0.15) is 0 Å². The molecule has 4 heteroatoms. The lowest BCUT2D eigenvalue weighted by atomic mass is 10.1. The summed E-state index contributed by atoms with van der Waals surface area (Å²) in [4.78, 5) is 11.1. The number of methoxy groups -OCH3 is 1. The van der Waals surface area contributed by atoms with Gasteiger partial charge in [0.25, 0.3) is 0 Å². The molecular weight excluding hydrogens is 259 g/mol. The molecule has 0 saturated carbocycles. The van der Waals surface area contributed by atoms with Crippen molar-refractivity contribution in [2.75, 3.05) is 7.11 Å². The van der Waals surface area contributed by atoms with E-state index in [9.17, 15) is 9.18 Å². The minimum absolute atomic E-state index is 0.0683. The van der Waals surface area contributed by atoms with Crippen LogP contribution in [0, 0.1) is 5.82 Å². The number of halogens is 1. The fourth-order valence-electron chi connectivity index (χ4n) is 1.80. The molecule has 0 aliphatic carbocycles. The number of ether oxygens (including phenoxy) is 2. The highest BCUT2D eigenvalue weighted by Crippen LogP contribution is 2.19. The second kappa shape index (κ2) is 6.19. The van der Waals surface area contributed by atoms with Crippen molar-refractivity contribution in [2.24, 2.45) is 0 Å². The first kappa shape index (κ1) is 14.1. The zero-order valence-electron chi connectivity index (χ0n) is 11.4. The van der Waals surface area contributed by atoms with E-state index in [2.05, 4.69) is 0 Å². The Morgan fingerprint density at radius 2 is 1.95 bits per heavy atom. The van der Waals surface area contributed by atoms with E-state index in [0.29, 0.717) is 12.4 Å². The monoisotopic (exact) mass is 274 g/mol. The molecule has 0 atom stereocenters. The van der Waals surface area contributed by atoms with E-state index >= 15 is 0 Å². The van der Waals surface area contributed by atoms with Crippen molar-refractivity contribution in [3.8, 4) is 11.5 Å². The van der Waals surface area contributed by atoms with E-state index in [1.807, 2.05) is 24.3 Å². The van der Waals surface area contributed by atoms with E-state index in [0.717, 1.165) is 11.3 Å². The normalized spacial score (nSPS) is 10.2. The molecule has 2 aromatic rings. The van der Waals surface area contributed by atoms with E-state index in [1.54, 1.807) is 13.2 Å². The van der Waals surface area contributed by atoms with Gasteiger partial charge >= 0.3 is 0 Å². The van der Waals surface area contributed by atoms with Crippen LogP contribution in [0.25, 0.3) is 0 Å². The first-order valence-electron chi connectivity index (χ1n) is 6.16. The molecule has 0 radical (unpaired) electrons. The third kappa shape index (κ3) is 3.35. The Labute approximate surface area is 117 Å². The first-order chi connectivity index (χ1) is 9.60. The molecule has 0 spiro atoms. The summed E-state index contributed by atoms with van der Waals surface area (Å²) in [5, 5.41) is 0. The van der Waals surface area contributed by atoms with E-state index in [1.165, 1.54) is 19.1 Å². The molecular formula is C16H15FO3. The van der Waals surface area contributed by atoms with Gasteiger partial charge in [0.2, 0.25) is 0 Å². The molecule has 0 fully saturated rings. The number of ketones is 1. The average Bonchev–Trinajstić information content (AvgIpc) is 2.45. The highest BCUT2D eigenvalue weighted by atomic mass is 19.1. The predicted octanol–water partition coefficient (Wildman–Crippen LogP) is 3.62. The number of hydrogen-bond donors (Lipinski definition) is 0. The van der Waals surface area contributed by atoms with Crippen LogP contribution in [-0.2, 0) is 6.61 Å². The van der Waals surface area contributed by atoms with Crippen LogP contribution in [0.5, 0.6) is 11.5 Å². The molecule has 0 bridgehead atoms. The number of Topliss-reactive ketones (excluding diaryl/α,β-unsaturated/α-hetero) is 1. The number of rotatable bonds is 5.